The van der Waals surface area contributed by atoms with Gasteiger partial charge in [-0.2, -0.15) is 0 Å². The Hall–Kier alpha value is -2.42. The summed E-state index contributed by atoms with van der Waals surface area (Å²) in [5.41, 5.74) is 0. The van der Waals surface area contributed by atoms with E-state index in [1.807, 2.05) is 0 Å². The number of hydrogen-bond acceptors (Lipinski definition) is 6. The molecule has 292 valence electrons. The summed E-state index contributed by atoms with van der Waals surface area (Å²) in [6.45, 7) is 3.43. The molecule has 0 heterocycles. The molecule has 0 rings (SSSR count). The highest BCUT2D eigenvalue weighted by Crippen LogP contribution is 2.19. The normalized spacial score (nSPS) is 12.5. The van der Waals surface area contributed by atoms with Gasteiger partial charge in [-0.05, 0) is 57.8 Å². The summed E-state index contributed by atoms with van der Waals surface area (Å²) in [7, 11) is 0. The van der Waals surface area contributed by atoms with Crippen molar-refractivity contribution in [3.63, 3.8) is 0 Å². The van der Waals surface area contributed by atoms with Gasteiger partial charge in [-0.15, -0.1) is 0 Å². The molecule has 0 aromatic heterocycles. The van der Waals surface area contributed by atoms with Crippen LogP contribution in [0.25, 0.3) is 0 Å². The van der Waals surface area contributed by atoms with Gasteiger partial charge in [-0.1, -0.05) is 142 Å². The van der Waals surface area contributed by atoms with Crippen LogP contribution in [0, 0.1) is 0 Å². The maximum Gasteiger partial charge on any atom is 0.328 e. The van der Waals surface area contributed by atoms with E-state index in [-0.39, 0.29) is 24.5 Å². The molecule has 0 aromatic carbocycles. The summed E-state index contributed by atoms with van der Waals surface area (Å²) in [5.74, 6) is -2.29. The van der Waals surface area contributed by atoms with E-state index >= 15 is 0 Å². The number of carbonyl (C=O) groups is 4. The van der Waals surface area contributed by atoms with Crippen molar-refractivity contribution < 1.29 is 34.1 Å². The molecule has 2 atom stereocenters. The van der Waals surface area contributed by atoms with Gasteiger partial charge in [0.2, 0.25) is 11.8 Å². The van der Waals surface area contributed by atoms with E-state index in [9.17, 15) is 19.2 Å². The van der Waals surface area contributed by atoms with Crippen LogP contribution >= 0.6 is 0 Å². The number of aliphatic hydroxyl groups excluding tert-OH is 1. The molecule has 0 fully saturated rings. The molecule has 9 nitrogen and oxygen atoms in total. The van der Waals surface area contributed by atoms with Crippen LogP contribution in [0.4, 0.5) is 0 Å². The van der Waals surface area contributed by atoms with E-state index in [2.05, 4.69) is 36.6 Å². The van der Waals surface area contributed by atoms with E-state index in [0.717, 1.165) is 64.2 Å². The Kier molecular flexibility index (Phi) is 34.6. The first-order valence-electron chi connectivity index (χ1n) is 20.6. The number of carbonyl (C=O) groups excluding carboxylic acids is 3. The molecule has 0 radical (unpaired) electrons. The predicted molar refractivity (Wildman–Crippen MR) is 204 cm³/mol. The molecule has 0 spiro atoms. The number of rotatable bonds is 37. The fraction of sp³-hybridized carbons (Fsp3) is 0.854. The van der Waals surface area contributed by atoms with Gasteiger partial charge >= 0.3 is 11.9 Å². The topological polar surface area (TPSA) is 142 Å². The molecule has 50 heavy (non-hydrogen) atoms. The van der Waals surface area contributed by atoms with Crippen molar-refractivity contribution in [3.05, 3.63) is 12.2 Å². The molecule has 2 unspecified atom stereocenters. The minimum absolute atomic E-state index is 0.0102. The second-order valence-corrected chi connectivity index (χ2v) is 14.1. The number of allylic oxidation sites excluding steroid dienone is 2. The lowest BCUT2D eigenvalue weighted by atomic mass is 10.0. The van der Waals surface area contributed by atoms with Gasteiger partial charge in [0.25, 0.3) is 0 Å². The third-order valence-electron chi connectivity index (χ3n) is 9.24. The fourth-order valence-corrected chi connectivity index (χ4v) is 6.07. The first-order chi connectivity index (χ1) is 24.3. The molecular formula is C41H76N2O7. The number of unbranched alkanes of at least 4 members (excludes halogenated alkanes) is 21. The van der Waals surface area contributed by atoms with Crippen LogP contribution in [-0.2, 0) is 23.9 Å². The van der Waals surface area contributed by atoms with Crippen LogP contribution in [0.5, 0.6) is 0 Å². The molecule has 0 saturated heterocycles. The molecule has 2 amide bonds. The highest BCUT2D eigenvalue weighted by Gasteiger charge is 2.19. The Bertz CT molecular complexity index is 864. The van der Waals surface area contributed by atoms with Gasteiger partial charge in [-0.3, -0.25) is 14.4 Å². The molecule has 4 N–H and O–H groups in total. The minimum Gasteiger partial charge on any atom is -0.480 e. The molecule has 0 bridgehead atoms. The Balaban J connectivity index is 4.29. The number of amides is 2. The van der Waals surface area contributed by atoms with Gasteiger partial charge in [0.15, 0.2) is 0 Å². The van der Waals surface area contributed by atoms with Crippen molar-refractivity contribution in [1.82, 2.24) is 10.6 Å². The van der Waals surface area contributed by atoms with E-state index in [4.69, 9.17) is 14.9 Å². The standard InChI is InChI=1S/C41H76N2O7/c1-3-5-7-9-11-13-15-16-17-19-22-26-30-36(50-40(47)33-29-25-20-18-14-12-10-8-6-4-2)31-27-23-21-24-28-32-38(45)42-34-39(46)43-37(35-44)41(48)49/h8,10,36-37,44H,3-7,9,11-35H2,1-2H3,(H,42,45)(H,43,46)(H,48,49)/b10-8-. The third kappa shape index (κ3) is 32.8. The van der Waals surface area contributed by atoms with Gasteiger partial charge < -0.3 is 25.6 Å². The molecule has 9 heteroatoms. The van der Waals surface area contributed by atoms with Gasteiger partial charge in [0.1, 0.15) is 12.1 Å². The highest BCUT2D eigenvalue weighted by atomic mass is 16.5. The Morgan fingerprint density at radius 3 is 1.58 bits per heavy atom. The van der Waals surface area contributed by atoms with Crippen LogP contribution in [0.15, 0.2) is 12.2 Å². The quantitative estimate of drug-likeness (QED) is 0.0286. The zero-order chi connectivity index (χ0) is 36.9. The van der Waals surface area contributed by atoms with Crippen molar-refractivity contribution in [1.29, 1.82) is 0 Å². The van der Waals surface area contributed by atoms with Crippen LogP contribution in [-0.4, -0.2) is 59.3 Å². The van der Waals surface area contributed by atoms with Crippen LogP contribution in [0.1, 0.15) is 200 Å². The van der Waals surface area contributed by atoms with Crippen LogP contribution in [0.3, 0.4) is 0 Å². The van der Waals surface area contributed by atoms with E-state index < -0.39 is 24.5 Å². The van der Waals surface area contributed by atoms with Crippen LogP contribution < -0.4 is 10.6 Å². The van der Waals surface area contributed by atoms with Crippen molar-refractivity contribution in [2.75, 3.05) is 13.2 Å². The van der Waals surface area contributed by atoms with Crippen molar-refractivity contribution in [2.24, 2.45) is 0 Å². The third-order valence-corrected chi connectivity index (χ3v) is 9.24. The zero-order valence-electron chi connectivity index (χ0n) is 32.2. The van der Waals surface area contributed by atoms with Gasteiger partial charge in [-0.25, -0.2) is 4.79 Å². The lowest BCUT2D eigenvalue weighted by Crippen LogP contribution is -2.47. The Labute approximate surface area is 305 Å². The molecular weight excluding hydrogens is 632 g/mol. The van der Waals surface area contributed by atoms with Gasteiger partial charge in [0.05, 0.1) is 13.2 Å². The summed E-state index contributed by atoms with van der Waals surface area (Å²) in [5, 5.41) is 22.5. The van der Waals surface area contributed by atoms with E-state index in [1.54, 1.807) is 0 Å². The van der Waals surface area contributed by atoms with E-state index in [0.29, 0.717) is 19.3 Å². The number of hydrogen-bond donors (Lipinski definition) is 4. The largest absolute Gasteiger partial charge is 0.480 e. The number of carboxylic acids is 1. The first kappa shape index (κ1) is 47.6. The number of aliphatic carboxylic acids is 1. The lowest BCUT2D eigenvalue weighted by molar-refractivity contribution is -0.150. The highest BCUT2D eigenvalue weighted by molar-refractivity contribution is 5.87. The number of carboxylic acid groups (broad SMARTS) is 1. The number of ether oxygens (including phenoxy) is 1. The SMILES string of the molecule is CCC/C=C\CCCCCCCC(=O)OC(CCCCCCCCCCCCCC)CCCCCCCC(=O)NCC(=O)NC(CO)C(=O)O. The average Bonchev–Trinajstić information content (AvgIpc) is 3.10. The summed E-state index contributed by atoms with van der Waals surface area (Å²) < 4.78 is 6.00. The lowest BCUT2D eigenvalue weighted by Gasteiger charge is -2.18. The summed E-state index contributed by atoms with van der Waals surface area (Å²) in [4.78, 5) is 47.4. The number of aliphatic hydroxyl groups is 1. The second kappa shape index (κ2) is 36.4. The molecule has 0 aromatic rings. The van der Waals surface area contributed by atoms with Gasteiger partial charge in [0, 0.05) is 12.8 Å². The fourth-order valence-electron chi connectivity index (χ4n) is 6.07. The smallest absolute Gasteiger partial charge is 0.328 e. The van der Waals surface area contributed by atoms with Crippen molar-refractivity contribution >= 4 is 23.8 Å². The molecule has 0 aliphatic rings. The Morgan fingerprint density at radius 2 is 1.06 bits per heavy atom. The average molecular weight is 709 g/mol. The summed E-state index contributed by atoms with van der Waals surface area (Å²) >= 11 is 0. The molecule has 0 aliphatic heterocycles. The molecule has 0 aliphatic carbocycles. The number of esters is 1. The summed E-state index contributed by atoms with van der Waals surface area (Å²) in [6.07, 6.45) is 36.6. The van der Waals surface area contributed by atoms with Crippen LogP contribution in [0.2, 0.25) is 0 Å². The predicted octanol–water partition coefficient (Wildman–Crippen LogP) is 9.49. The monoisotopic (exact) mass is 709 g/mol. The Morgan fingerprint density at radius 1 is 0.580 bits per heavy atom. The maximum atomic E-state index is 12.7. The minimum atomic E-state index is -1.38. The zero-order valence-corrected chi connectivity index (χ0v) is 32.2. The first-order valence-corrected chi connectivity index (χ1v) is 20.6. The van der Waals surface area contributed by atoms with E-state index in [1.165, 1.54) is 103 Å². The second-order valence-electron chi connectivity index (χ2n) is 14.1. The summed E-state index contributed by atoms with van der Waals surface area (Å²) in [6, 6.07) is -1.38. The van der Waals surface area contributed by atoms with Crippen molar-refractivity contribution in [2.45, 2.75) is 212 Å². The molecule has 0 saturated carbocycles. The van der Waals surface area contributed by atoms with Crippen molar-refractivity contribution in [3.8, 4) is 0 Å². The number of nitrogens with one attached hydrogen (secondary N) is 2. The maximum absolute atomic E-state index is 12.7.